The van der Waals surface area contributed by atoms with Gasteiger partial charge in [-0.3, -0.25) is 0 Å². The summed E-state index contributed by atoms with van der Waals surface area (Å²) >= 11 is 2.95. The Bertz CT molecular complexity index is 451. The standard InChI is InChI=1S/C10H17BrN2O3Si.Li/c1-17(2,3)5-4-16-7-8-6-13(11)12-9(8)10(14)15;/h6H,4-5,7H2,1-3H3,(H,14,15);/q;+1/p-1/i6D;. The number of hydrogen-bond acceptors (Lipinski definition) is 4. The predicted molar refractivity (Wildman–Crippen MR) is 68.7 cm³/mol. The molecule has 0 aliphatic carbocycles. The van der Waals surface area contributed by atoms with E-state index in [0.29, 0.717) is 6.61 Å². The molecule has 0 N–H and O–H groups in total. The molecule has 0 saturated carbocycles. The van der Waals surface area contributed by atoms with Crippen molar-refractivity contribution in [3.63, 3.8) is 0 Å². The fourth-order valence-corrected chi connectivity index (χ4v) is 2.28. The molecule has 18 heavy (non-hydrogen) atoms. The zero-order valence-corrected chi connectivity index (χ0v) is 13.7. The molecular weight excluding hydrogens is 311 g/mol. The van der Waals surface area contributed by atoms with Gasteiger partial charge in [-0.15, -0.1) is 0 Å². The summed E-state index contributed by atoms with van der Waals surface area (Å²) in [5, 5.41) is 14.5. The van der Waals surface area contributed by atoms with Crippen LogP contribution in [0, 0.1) is 0 Å². The van der Waals surface area contributed by atoms with Gasteiger partial charge in [-0.2, -0.15) is 5.10 Å². The molecule has 0 aromatic carbocycles. The van der Waals surface area contributed by atoms with E-state index in [0.717, 1.165) is 9.75 Å². The molecule has 0 unspecified atom stereocenters. The molecular formula is C10H16BrLiN2O3Si. The van der Waals surface area contributed by atoms with Crippen molar-refractivity contribution in [2.24, 2.45) is 0 Å². The molecule has 8 heteroatoms. The summed E-state index contributed by atoms with van der Waals surface area (Å²) in [6, 6.07) is 0.990. The summed E-state index contributed by atoms with van der Waals surface area (Å²) in [6.07, 6.45) is -0.0257. The normalized spacial score (nSPS) is 11.9. The van der Waals surface area contributed by atoms with Gasteiger partial charge in [0.2, 0.25) is 0 Å². The van der Waals surface area contributed by atoms with Crippen molar-refractivity contribution >= 4 is 30.2 Å². The fourth-order valence-electron chi connectivity index (χ4n) is 1.15. The first-order valence-corrected chi connectivity index (χ1v) is 9.68. The average Bonchev–Trinajstić information content (AvgIpc) is 2.50. The van der Waals surface area contributed by atoms with Crippen LogP contribution in [0.1, 0.15) is 17.4 Å². The van der Waals surface area contributed by atoms with E-state index in [9.17, 15) is 9.90 Å². The number of carboxylic acids is 1. The van der Waals surface area contributed by atoms with Crippen LogP contribution in [0.2, 0.25) is 25.7 Å². The molecule has 5 nitrogen and oxygen atoms in total. The summed E-state index contributed by atoms with van der Waals surface area (Å²) in [4.78, 5) is 10.8. The molecule has 0 aliphatic rings. The van der Waals surface area contributed by atoms with Crippen LogP contribution in [-0.2, 0) is 11.3 Å². The zero-order chi connectivity index (χ0) is 13.9. The predicted octanol–water partition coefficient (Wildman–Crippen LogP) is -1.74. The molecule has 0 radical (unpaired) electrons. The van der Waals surface area contributed by atoms with Gasteiger partial charge in [0.1, 0.15) is 5.69 Å². The maximum Gasteiger partial charge on any atom is 1.00 e. The Labute approximate surface area is 130 Å². The first kappa shape index (κ1) is 16.0. The van der Waals surface area contributed by atoms with E-state index in [1.807, 2.05) is 0 Å². The van der Waals surface area contributed by atoms with Crippen LogP contribution in [0.4, 0.5) is 0 Å². The van der Waals surface area contributed by atoms with Crippen LogP contribution in [0.25, 0.3) is 0 Å². The van der Waals surface area contributed by atoms with E-state index in [1.165, 1.54) is 0 Å². The third-order valence-corrected chi connectivity index (χ3v) is 4.18. The summed E-state index contributed by atoms with van der Waals surface area (Å²) in [5.74, 6) is -1.40. The van der Waals surface area contributed by atoms with Gasteiger partial charge in [-0.25, -0.2) is 3.71 Å². The maximum absolute atomic E-state index is 10.8. The molecule has 0 fully saturated rings. The van der Waals surface area contributed by atoms with Gasteiger partial charge < -0.3 is 14.6 Å². The minimum Gasteiger partial charge on any atom is -0.543 e. The third kappa shape index (κ3) is 6.20. The first-order valence-electron chi connectivity index (χ1n) is 5.76. The second kappa shape index (κ2) is 7.51. The Balaban J connectivity index is 0.00000324. The van der Waals surface area contributed by atoms with Crippen molar-refractivity contribution in [3.8, 4) is 0 Å². The number of aromatic carboxylic acids is 1. The van der Waals surface area contributed by atoms with Crippen LogP contribution in [0.3, 0.4) is 0 Å². The number of nitrogens with zero attached hydrogens (tertiary/aromatic N) is 2. The van der Waals surface area contributed by atoms with E-state index < -0.39 is 14.0 Å². The fraction of sp³-hybridized carbons (Fsp3) is 0.600. The number of rotatable bonds is 6. The van der Waals surface area contributed by atoms with Crippen molar-refractivity contribution in [1.29, 1.82) is 0 Å². The molecule has 1 aromatic rings. The van der Waals surface area contributed by atoms with Crippen LogP contribution >= 0.6 is 16.1 Å². The van der Waals surface area contributed by atoms with Gasteiger partial charge in [0, 0.05) is 26.4 Å². The Morgan fingerprint density at radius 3 is 2.78 bits per heavy atom. The number of ether oxygens (including phenoxy) is 1. The first-order chi connectivity index (χ1) is 8.22. The van der Waals surface area contributed by atoms with Gasteiger partial charge in [0.05, 0.1) is 30.1 Å². The molecule has 1 heterocycles. The number of hydrogen-bond donors (Lipinski definition) is 0. The molecule has 0 aliphatic heterocycles. The van der Waals surface area contributed by atoms with E-state index in [-0.39, 0.29) is 42.9 Å². The molecule has 0 bridgehead atoms. The monoisotopic (exact) mass is 327 g/mol. The molecule has 0 atom stereocenters. The van der Waals surface area contributed by atoms with Crippen molar-refractivity contribution in [2.75, 3.05) is 6.61 Å². The third-order valence-electron chi connectivity index (χ3n) is 2.14. The van der Waals surface area contributed by atoms with E-state index in [2.05, 4.69) is 40.9 Å². The molecule has 1 rings (SSSR count). The second-order valence-corrected chi connectivity index (χ2v) is 11.2. The topological polar surface area (TPSA) is 67.2 Å². The minimum atomic E-state index is -1.40. The zero-order valence-electron chi connectivity index (χ0n) is 12.1. The Hall–Kier alpha value is -0.0657. The number of aromatic nitrogens is 2. The van der Waals surface area contributed by atoms with Gasteiger partial charge >= 0.3 is 18.9 Å². The second-order valence-electron chi connectivity index (χ2n) is 4.95. The summed E-state index contributed by atoms with van der Waals surface area (Å²) < 4.78 is 14.1. The quantitative estimate of drug-likeness (QED) is 0.459. The number of carbonyl (C=O) groups excluding carboxylic acids is 1. The Kier molecular flexibility index (Phi) is 6.67. The van der Waals surface area contributed by atoms with Gasteiger partial charge in [-0.1, -0.05) is 19.6 Å². The molecule has 0 saturated heterocycles. The summed E-state index contributed by atoms with van der Waals surface area (Å²) in [6.45, 7) is 7.33. The summed E-state index contributed by atoms with van der Waals surface area (Å²) in [5.41, 5.74) is -0.00710. The Morgan fingerprint density at radius 2 is 2.28 bits per heavy atom. The molecule has 96 valence electrons. The number of carboxylic acid groups (broad SMARTS) is 1. The van der Waals surface area contributed by atoms with Crippen LogP contribution in [0.15, 0.2) is 6.17 Å². The van der Waals surface area contributed by atoms with E-state index >= 15 is 0 Å². The van der Waals surface area contributed by atoms with E-state index in [4.69, 9.17) is 6.11 Å². The van der Waals surface area contributed by atoms with Crippen molar-refractivity contribution < 1.29 is 34.9 Å². The minimum absolute atomic E-state index is 0. The number of carbonyl (C=O) groups is 1. The van der Waals surface area contributed by atoms with Gasteiger partial charge in [0.25, 0.3) is 0 Å². The Morgan fingerprint density at radius 1 is 1.67 bits per heavy atom. The molecule has 0 amide bonds. The van der Waals surface area contributed by atoms with Crippen LogP contribution in [-0.4, -0.2) is 29.5 Å². The average molecular weight is 328 g/mol. The smallest absolute Gasteiger partial charge is 0.543 e. The largest absolute Gasteiger partial charge is 1.00 e. The van der Waals surface area contributed by atoms with E-state index in [1.54, 1.807) is 0 Å². The summed E-state index contributed by atoms with van der Waals surface area (Å²) in [7, 11) is -1.17. The molecule has 0 spiro atoms. The SMILES string of the molecule is [2H]c1c(COCC[Si](C)(C)C)c(C(=O)[O-])nn1Br.[Li+]. The van der Waals surface area contributed by atoms with Crippen molar-refractivity contribution in [1.82, 2.24) is 8.81 Å². The maximum atomic E-state index is 10.8. The van der Waals surface area contributed by atoms with Gasteiger partial charge in [0.15, 0.2) is 0 Å². The number of halogens is 1. The molecule has 1 aromatic heterocycles. The van der Waals surface area contributed by atoms with Crippen LogP contribution in [0.5, 0.6) is 0 Å². The van der Waals surface area contributed by atoms with Crippen LogP contribution < -0.4 is 24.0 Å². The van der Waals surface area contributed by atoms with Crippen molar-refractivity contribution in [2.45, 2.75) is 32.3 Å². The van der Waals surface area contributed by atoms with Crippen molar-refractivity contribution in [3.05, 3.63) is 17.4 Å². The van der Waals surface area contributed by atoms with Gasteiger partial charge in [-0.05, 0) is 6.04 Å².